The van der Waals surface area contributed by atoms with Crippen molar-refractivity contribution in [1.82, 2.24) is 39.9 Å². The van der Waals surface area contributed by atoms with Crippen LogP contribution in [0, 0.1) is 46.5 Å². The molecule has 0 saturated heterocycles. The van der Waals surface area contributed by atoms with E-state index in [4.69, 9.17) is 43.5 Å². The van der Waals surface area contributed by atoms with Crippen molar-refractivity contribution in [3.05, 3.63) is 289 Å². The Labute approximate surface area is 605 Å². The second-order valence-corrected chi connectivity index (χ2v) is 23.9. The van der Waals surface area contributed by atoms with Crippen LogP contribution in [-0.2, 0) is 21.0 Å². The van der Waals surface area contributed by atoms with E-state index in [-0.39, 0.29) is 45.5 Å². The van der Waals surface area contributed by atoms with E-state index < -0.39 is 182 Å². The number of nitrogens with one attached hydrogen (secondary N) is 8. The number of aromatic nitrogens is 8. The zero-order chi connectivity index (χ0) is 72.7. The predicted molar refractivity (Wildman–Crippen MR) is 392 cm³/mol. The van der Waals surface area contributed by atoms with E-state index in [1.807, 2.05) is 0 Å². The number of anilines is 16. The van der Waals surface area contributed by atoms with Gasteiger partial charge < -0.3 is 72.4 Å². The average Bonchev–Trinajstić information content (AvgIpc) is 1.55. The van der Waals surface area contributed by atoms with E-state index >= 15 is 35.1 Å². The number of halogens is 8. The van der Waals surface area contributed by atoms with Crippen molar-refractivity contribution in [2.24, 2.45) is 0 Å². The monoisotopic (exact) mass is 1450 g/mol. The third-order valence-corrected chi connectivity index (χ3v) is 17.3. The van der Waals surface area contributed by atoms with Gasteiger partial charge in [0, 0.05) is 89.6 Å². The van der Waals surface area contributed by atoms with Crippen LogP contribution in [0.5, 0.6) is 0 Å². The van der Waals surface area contributed by atoms with E-state index in [0.29, 0.717) is 0 Å². The van der Waals surface area contributed by atoms with Crippen molar-refractivity contribution in [3.8, 4) is 45.6 Å². The first-order valence-electron chi connectivity index (χ1n) is 32.6. The van der Waals surface area contributed by atoms with Crippen LogP contribution in [-0.4, -0.2) is 29.9 Å². The van der Waals surface area contributed by atoms with Crippen LogP contribution in [0.15, 0.2) is 243 Å². The van der Waals surface area contributed by atoms with Gasteiger partial charge in [0.2, 0.25) is 0 Å². The first-order chi connectivity index (χ1) is 51.9. The van der Waals surface area contributed by atoms with Gasteiger partial charge >= 0.3 is 21.0 Å². The van der Waals surface area contributed by atoms with Crippen LogP contribution in [0.2, 0.25) is 0 Å². The Morgan fingerprint density at radius 1 is 0.208 bits per heavy atom. The Morgan fingerprint density at radius 3 is 0.500 bits per heavy atom. The fraction of sp³-hybridized carbons (Fsp3) is 0. The SMILES string of the molecule is Fc1c(Nc2ccccc2)c(Nc2ccccc2)c(F)c2c1-c1nc-2nc2[n-]c(nc3nc(nc4[n-]c(n1)c1c(F)c(Nc5ccccc5)c(Nc5ccccc5)c(F)c41)-c1c(F)c(Nc4ccccc4)c(Nc4ccccc4)c(F)c1-3)c1c(F)c(Nc3ccccc3)c(Nc3ccccc3)c(F)c21.[O]=[V+2]. The maximum absolute atomic E-state index is 18.9. The fourth-order valence-corrected chi connectivity index (χ4v) is 12.6. The summed E-state index contributed by atoms with van der Waals surface area (Å²) in [6, 6.07) is 65.7. The number of rotatable bonds is 16. The summed E-state index contributed by atoms with van der Waals surface area (Å²) in [4.78, 5) is 37.8. The number of nitrogens with zero attached hydrogens (tertiary/aromatic N) is 8. The van der Waals surface area contributed by atoms with Gasteiger partial charge in [-0.05, 0) is 97.1 Å². The van der Waals surface area contributed by atoms with E-state index in [1.165, 1.54) is 0 Å². The van der Waals surface area contributed by atoms with Gasteiger partial charge in [-0.15, -0.1) is 0 Å². The summed E-state index contributed by atoms with van der Waals surface area (Å²) < 4.78 is 159. The molecule has 17 rings (SSSR count). The topological polar surface area (TPSA) is 219 Å². The Hall–Kier alpha value is -13.8. The van der Waals surface area contributed by atoms with Crippen LogP contribution in [0.3, 0.4) is 0 Å². The van der Waals surface area contributed by atoms with Crippen molar-refractivity contribution in [2.45, 2.75) is 0 Å². The van der Waals surface area contributed by atoms with Crippen LogP contribution in [0.1, 0.15) is 0 Å². The van der Waals surface area contributed by atoms with E-state index in [1.54, 1.807) is 243 Å². The quantitative estimate of drug-likeness (QED) is 0.0422. The summed E-state index contributed by atoms with van der Waals surface area (Å²) in [6.45, 7) is 0. The maximum atomic E-state index is 18.9. The fourth-order valence-electron chi connectivity index (χ4n) is 12.6. The molecule has 0 spiro atoms. The summed E-state index contributed by atoms with van der Waals surface area (Å²) in [5, 5.41) is 21.0. The number of fused-ring (bicyclic) bond motifs is 20. The number of hydrogen-bond acceptors (Lipinski definition) is 15. The number of para-hydroxylation sites is 8. The molecular weight excluding hydrogens is 1400 g/mol. The molecule has 2 aliphatic rings. The third-order valence-electron chi connectivity index (χ3n) is 17.3. The summed E-state index contributed by atoms with van der Waals surface area (Å²) in [5.74, 6) is -13.0. The zero-order valence-corrected chi connectivity index (χ0v) is 55.9. The molecule has 515 valence electrons. The normalized spacial score (nSPS) is 11.3. The molecule has 15 aromatic rings. The minimum atomic E-state index is -1.24. The molecular formula is C80H48F8N16OV. The van der Waals surface area contributed by atoms with E-state index in [0.717, 1.165) is 17.4 Å². The summed E-state index contributed by atoms with van der Waals surface area (Å²) >= 11 is 1.06. The van der Waals surface area contributed by atoms with Gasteiger partial charge in [-0.2, -0.15) is 0 Å². The third kappa shape index (κ3) is 12.2. The van der Waals surface area contributed by atoms with Crippen molar-refractivity contribution in [1.29, 1.82) is 0 Å². The molecule has 17 nitrogen and oxygen atoms in total. The molecule has 0 aliphatic carbocycles. The molecule has 0 fully saturated rings. The standard InChI is InChI=1S/C80H48F8N16.O.V/c81-57-49-50(58(82)66(90-42-27-11-2-12-28-42)65(57)89-41-25-9-1-10-26-41)74-97-73(49)101-75-51-52(60(84)68(92-44-31-15-4-16-32-44)67(59(51)83)91-43-29-13-3-14-30-43)77(98-75)103-79-55-56(64(88)72(96-48-39-23-8-24-40-48)71(63(55)87)95-47-37-21-7-22-38-47)80(100-79)104-78-54-53(76(99-78)102-74)61(85)69(93-45-33-17-5-18-34-45)70(62(54)86)94-46-35-19-6-20-36-46;;/h1-40,89-96H;;/q-2;;+2. The molecule has 8 N–H and O–H groups in total. The Kier molecular flexibility index (Phi) is 17.8. The summed E-state index contributed by atoms with van der Waals surface area (Å²) in [7, 11) is 0. The molecule has 0 amide bonds. The van der Waals surface area contributed by atoms with Gasteiger partial charge in [0.15, 0.2) is 46.5 Å². The van der Waals surface area contributed by atoms with E-state index in [2.05, 4.69) is 42.5 Å². The van der Waals surface area contributed by atoms with Crippen molar-refractivity contribution < 1.29 is 56.2 Å². The second kappa shape index (κ2) is 28.2. The van der Waals surface area contributed by atoms with Crippen molar-refractivity contribution in [3.63, 3.8) is 0 Å². The van der Waals surface area contributed by atoms with Gasteiger partial charge in [0.25, 0.3) is 0 Å². The van der Waals surface area contributed by atoms with Crippen LogP contribution < -0.4 is 52.5 Å². The molecule has 0 unspecified atom stereocenters. The van der Waals surface area contributed by atoms with Crippen molar-refractivity contribution >= 4 is 135 Å². The second-order valence-electron chi connectivity index (χ2n) is 23.9. The molecule has 2 aliphatic heterocycles. The van der Waals surface area contributed by atoms with Crippen molar-refractivity contribution in [2.75, 3.05) is 42.5 Å². The first-order valence-corrected chi connectivity index (χ1v) is 33.1. The first kappa shape index (κ1) is 66.8. The Bertz CT molecular complexity index is 5370. The predicted octanol–water partition coefficient (Wildman–Crippen LogP) is 21.1. The number of hydrogen-bond donors (Lipinski definition) is 8. The molecule has 0 radical (unpaired) electrons. The van der Waals surface area contributed by atoms with E-state index in [9.17, 15) is 0 Å². The molecule has 26 heteroatoms. The van der Waals surface area contributed by atoms with Crippen LogP contribution in [0.4, 0.5) is 126 Å². The van der Waals surface area contributed by atoms with Crippen LogP contribution >= 0.6 is 0 Å². The van der Waals surface area contributed by atoms with Crippen LogP contribution in [0.25, 0.3) is 89.7 Å². The van der Waals surface area contributed by atoms with Gasteiger partial charge in [-0.1, -0.05) is 146 Å². The average molecular weight is 1450 g/mol. The van der Waals surface area contributed by atoms with Gasteiger partial charge in [0.1, 0.15) is 45.5 Å². The summed E-state index contributed by atoms with van der Waals surface area (Å²) in [5.41, 5.74) is -7.82. The molecule has 3 aromatic heterocycles. The molecule has 0 atom stereocenters. The summed E-state index contributed by atoms with van der Waals surface area (Å²) in [6.07, 6.45) is 0. The number of benzene rings is 12. The zero-order valence-electron chi connectivity index (χ0n) is 54.6. The van der Waals surface area contributed by atoms with Gasteiger partial charge in [-0.25, -0.2) is 45.1 Å². The Morgan fingerprint density at radius 2 is 0.349 bits per heavy atom. The molecule has 106 heavy (non-hydrogen) atoms. The minimum absolute atomic E-state index is 0.280. The van der Waals surface area contributed by atoms with Gasteiger partial charge in [0.05, 0.1) is 45.6 Å². The molecule has 0 saturated carbocycles. The Balaban J connectivity index is 0.00000427. The van der Waals surface area contributed by atoms with Gasteiger partial charge in [-0.3, -0.25) is 0 Å². The molecule has 12 aromatic carbocycles. The molecule has 5 heterocycles. The molecule has 8 bridgehead atoms.